The summed E-state index contributed by atoms with van der Waals surface area (Å²) in [5, 5.41) is 49.9. The van der Waals surface area contributed by atoms with Gasteiger partial charge in [-0.1, -0.05) is 35.5 Å². The van der Waals surface area contributed by atoms with Gasteiger partial charge in [0.15, 0.2) is 17.5 Å². The molecular weight excluding hydrogens is 499 g/mol. The van der Waals surface area contributed by atoms with E-state index in [0.717, 1.165) is 34.1 Å². The van der Waals surface area contributed by atoms with E-state index in [2.05, 4.69) is 10.3 Å². The van der Waals surface area contributed by atoms with Gasteiger partial charge in [-0.2, -0.15) is 0 Å². The van der Waals surface area contributed by atoms with Crippen LogP contribution in [0.1, 0.15) is 30.7 Å². The smallest absolute Gasteiger partial charge is 0.194 e. The maximum absolute atomic E-state index is 13.7. The zero-order chi connectivity index (χ0) is 26.2. The van der Waals surface area contributed by atoms with Crippen molar-refractivity contribution in [3.63, 3.8) is 0 Å². The van der Waals surface area contributed by atoms with Crippen LogP contribution >= 0.6 is 11.8 Å². The highest BCUT2D eigenvalue weighted by Crippen LogP contribution is 2.45. The van der Waals surface area contributed by atoms with E-state index in [1.165, 1.54) is 6.20 Å². The average molecular weight is 526 g/mol. The van der Waals surface area contributed by atoms with E-state index in [4.69, 9.17) is 4.74 Å². The Hall–Kier alpha value is -2.48. The zero-order valence-corrected chi connectivity index (χ0v) is 20.2. The Morgan fingerprint density at radius 3 is 2.31 bits per heavy atom. The highest BCUT2D eigenvalue weighted by Gasteiger charge is 2.48. The monoisotopic (exact) mass is 525 g/mol. The van der Waals surface area contributed by atoms with E-state index in [1.807, 2.05) is 30.3 Å². The van der Waals surface area contributed by atoms with Crippen LogP contribution in [0.25, 0.3) is 11.3 Å². The van der Waals surface area contributed by atoms with E-state index >= 15 is 0 Å². The lowest BCUT2D eigenvalue weighted by atomic mass is 9.97. The molecule has 12 heteroatoms. The lowest BCUT2D eigenvalue weighted by Gasteiger charge is -2.43. The molecule has 0 aliphatic carbocycles. The second kappa shape index (κ2) is 10.5. The van der Waals surface area contributed by atoms with Gasteiger partial charge in [-0.15, -0.1) is 16.9 Å². The third kappa shape index (κ3) is 5.29. The van der Waals surface area contributed by atoms with E-state index in [1.54, 1.807) is 13.8 Å². The molecule has 3 aromatic rings. The van der Waals surface area contributed by atoms with Gasteiger partial charge in [0.1, 0.15) is 35.5 Å². The standard InChI is InChI=1S/C24H26F3N3O5S/c1-24(2,34)22(12-6-4-3-5-7-12)36-23-21(33)19(20(32)17(11-31)35-23)30-10-16(28-29-30)13-8-14(25)18(27)15(26)9-13/h3-10,17,19-23,31-34H,11H2,1-2H3/t17-,19+,20+,21-,22?,23+/m1/s1. The van der Waals surface area contributed by atoms with Crippen LogP contribution in [0, 0.1) is 17.5 Å². The lowest BCUT2D eigenvalue weighted by Crippen LogP contribution is -2.55. The van der Waals surface area contributed by atoms with Gasteiger partial charge in [0.05, 0.1) is 23.7 Å². The van der Waals surface area contributed by atoms with Crippen molar-refractivity contribution in [2.45, 2.75) is 54.5 Å². The summed E-state index contributed by atoms with van der Waals surface area (Å²) >= 11 is 1.12. The second-order valence-corrected chi connectivity index (χ2v) is 10.3. The quantitative estimate of drug-likeness (QED) is 0.348. The predicted molar refractivity (Wildman–Crippen MR) is 125 cm³/mol. The van der Waals surface area contributed by atoms with E-state index < -0.39 is 64.7 Å². The molecule has 1 unspecified atom stereocenters. The molecule has 1 aliphatic rings. The van der Waals surface area contributed by atoms with Crippen molar-refractivity contribution >= 4 is 11.8 Å². The Kier molecular flexibility index (Phi) is 7.74. The second-order valence-electron chi connectivity index (χ2n) is 9.12. The molecule has 0 radical (unpaired) electrons. The fraction of sp³-hybridized carbons (Fsp3) is 0.417. The topological polar surface area (TPSA) is 121 Å². The molecule has 36 heavy (non-hydrogen) atoms. The van der Waals surface area contributed by atoms with Gasteiger partial charge >= 0.3 is 0 Å². The molecule has 1 saturated heterocycles. The van der Waals surface area contributed by atoms with Crippen LogP contribution in [-0.2, 0) is 4.74 Å². The molecule has 4 rings (SSSR count). The molecule has 6 atom stereocenters. The minimum Gasteiger partial charge on any atom is -0.394 e. The summed E-state index contributed by atoms with van der Waals surface area (Å²) in [7, 11) is 0. The number of hydrogen-bond donors (Lipinski definition) is 4. The van der Waals surface area contributed by atoms with Crippen LogP contribution in [0.5, 0.6) is 0 Å². The largest absolute Gasteiger partial charge is 0.394 e. The molecule has 1 aliphatic heterocycles. The SMILES string of the molecule is CC(C)(O)C(S[C@@H]1O[C@H](CO)[C@H](O)[C@H](n2cc(-c3cc(F)c(F)c(F)c3)nn2)[C@H]1O)c1ccccc1. The highest BCUT2D eigenvalue weighted by molar-refractivity contribution is 8.00. The van der Waals surface area contributed by atoms with Gasteiger partial charge in [0.25, 0.3) is 0 Å². The van der Waals surface area contributed by atoms with Gasteiger partial charge in [-0.25, -0.2) is 17.9 Å². The summed E-state index contributed by atoms with van der Waals surface area (Å²) in [6.07, 6.45) is -2.68. The van der Waals surface area contributed by atoms with Crippen LogP contribution in [0.4, 0.5) is 13.2 Å². The number of hydrogen-bond acceptors (Lipinski definition) is 8. The molecule has 1 fully saturated rings. The fourth-order valence-corrected chi connectivity index (χ4v) is 5.61. The van der Waals surface area contributed by atoms with Crippen molar-refractivity contribution in [3.8, 4) is 11.3 Å². The van der Waals surface area contributed by atoms with E-state index in [0.29, 0.717) is 0 Å². The Morgan fingerprint density at radius 2 is 1.72 bits per heavy atom. The van der Waals surface area contributed by atoms with Crippen molar-refractivity contribution in [2.24, 2.45) is 0 Å². The number of aromatic nitrogens is 3. The predicted octanol–water partition coefficient (Wildman–Crippen LogP) is 2.59. The summed E-state index contributed by atoms with van der Waals surface area (Å²) in [6, 6.07) is 9.46. The molecule has 0 amide bonds. The van der Waals surface area contributed by atoms with Crippen LogP contribution in [0.2, 0.25) is 0 Å². The molecule has 194 valence electrons. The number of ether oxygens (including phenoxy) is 1. The molecule has 0 bridgehead atoms. The van der Waals surface area contributed by atoms with Gasteiger partial charge in [-0.3, -0.25) is 0 Å². The first-order valence-corrected chi connectivity index (χ1v) is 12.1. The van der Waals surface area contributed by atoms with E-state index in [-0.39, 0.29) is 11.3 Å². The van der Waals surface area contributed by atoms with Gasteiger partial charge in [0.2, 0.25) is 0 Å². The summed E-state index contributed by atoms with van der Waals surface area (Å²) in [5.41, 5.74) is -1.59. The molecule has 8 nitrogen and oxygen atoms in total. The number of benzene rings is 2. The first-order valence-electron chi connectivity index (χ1n) is 11.1. The maximum Gasteiger partial charge on any atom is 0.194 e. The van der Waals surface area contributed by atoms with Gasteiger partial charge in [0, 0.05) is 5.56 Å². The Balaban J connectivity index is 1.65. The number of thioether (sulfide) groups is 1. The summed E-state index contributed by atoms with van der Waals surface area (Å²) in [6.45, 7) is 2.66. The zero-order valence-electron chi connectivity index (χ0n) is 19.4. The molecule has 4 N–H and O–H groups in total. The van der Waals surface area contributed by atoms with E-state index in [9.17, 15) is 33.6 Å². The molecular formula is C24H26F3N3O5S. The van der Waals surface area contributed by atoms with Crippen molar-refractivity contribution in [2.75, 3.05) is 6.61 Å². The van der Waals surface area contributed by atoms with Crippen LogP contribution in [-0.4, -0.2) is 71.4 Å². The van der Waals surface area contributed by atoms with Gasteiger partial charge in [-0.05, 0) is 31.5 Å². The number of halogens is 3. The first-order chi connectivity index (χ1) is 17.0. The summed E-state index contributed by atoms with van der Waals surface area (Å²) in [5.74, 6) is -4.42. The Morgan fingerprint density at radius 1 is 1.08 bits per heavy atom. The normalized spacial score (nSPS) is 25.6. The molecule has 1 aromatic heterocycles. The fourth-order valence-electron chi connectivity index (χ4n) is 4.17. The molecule has 2 aromatic carbocycles. The third-order valence-electron chi connectivity index (χ3n) is 5.96. The number of nitrogens with zero attached hydrogens (tertiary/aromatic N) is 3. The van der Waals surface area contributed by atoms with Crippen molar-refractivity contribution in [3.05, 3.63) is 71.7 Å². The minimum atomic E-state index is -1.62. The van der Waals surface area contributed by atoms with Crippen molar-refractivity contribution in [1.82, 2.24) is 15.0 Å². The van der Waals surface area contributed by atoms with Crippen molar-refractivity contribution in [1.29, 1.82) is 0 Å². The van der Waals surface area contributed by atoms with Crippen LogP contribution < -0.4 is 0 Å². The van der Waals surface area contributed by atoms with Gasteiger partial charge < -0.3 is 25.2 Å². The Bertz CT molecular complexity index is 1170. The number of aliphatic hydroxyl groups excluding tert-OH is 3. The lowest BCUT2D eigenvalue weighted by molar-refractivity contribution is -0.178. The average Bonchev–Trinajstić information content (AvgIpc) is 3.31. The minimum absolute atomic E-state index is 0.0258. The first kappa shape index (κ1) is 26.6. The number of aliphatic hydroxyl groups is 4. The number of rotatable bonds is 7. The molecule has 0 saturated carbocycles. The summed E-state index contributed by atoms with van der Waals surface area (Å²) in [4.78, 5) is 0. The highest BCUT2D eigenvalue weighted by atomic mass is 32.2. The molecule has 0 spiro atoms. The Labute approximate surface area is 209 Å². The van der Waals surface area contributed by atoms with Crippen molar-refractivity contribution < 1.29 is 38.3 Å². The molecule has 2 heterocycles. The summed E-state index contributed by atoms with van der Waals surface area (Å²) < 4.78 is 47.7. The third-order valence-corrected chi connectivity index (χ3v) is 7.74. The van der Waals surface area contributed by atoms with Crippen LogP contribution in [0.15, 0.2) is 48.7 Å². The maximum atomic E-state index is 13.7. The van der Waals surface area contributed by atoms with Crippen LogP contribution in [0.3, 0.4) is 0 Å².